The van der Waals surface area contributed by atoms with Crippen molar-refractivity contribution in [3.8, 4) is 17.2 Å². The van der Waals surface area contributed by atoms with Crippen molar-refractivity contribution in [3.63, 3.8) is 0 Å². The highest BCUT2D eigenvalue weighted by Gasteiger charge is 2.36. The number of carboxylic acids is 1. The molecule has 1 aromatic rings. The lowest BCUT2D eigenvalue weighted by molar-refractivity contribution is 0.0696. The van der Waals surface area contributed by atoms with Crippen LogP contribution < -0.4 is 14.2 Å². The zero-order valence-corrected chi connectivity index (χ0v) is 16.6. The lowest BCUT2D eigenvalue weighted by Crippen LogP contribution is -2.41. The molecule has 0 aliphatic heterocycles. The van der Waals surface area contributed by atoms with Crippen molar-refractivity contribution in [1.82, 2.24) is 0 Å². The highest BCUT2D eigenvalue weighted by molar-refractivity contribution is 6.74. The van der Waals surface area contributed by atoms with Gasteiger partial charge in [0.05, 0.1) is 26.4 Å². The monoisotopic (exact) mass is 356 g/mol. The summed E-state index contributed by atoms with van der Waals surface area (Å²) in [6, 6.07) is 2.82. The maximum Gasteiger partial charge on any atom is 0.335 e. The molecule has 0 aliphatic rings. The average Bonchev–Trinajstić information content (AvgIpc) is 2.49. The zero-order chi connectivity index (χ0) is 18.5. The molecule has 24 heavy (non-hydrogen) atoms. The van der Waals surface area contributed by atoms with Crippen LogP contribution in [0.1, 0.15) is 31.1 Å². The number of hydrogen-bond donors (Lipinski definition) is 1. The molecular formula is C17H28O6Si. The Balaban J connectivity index is 2.83. The molecule has 0 fully saturated rings. The standard InChI is InChI=1S/C17H28O6Si/c1-17(2,3)24(6,7)23-9-8-22-15-13(20-4)10-12(16(18)19)11-14(15)21-5/h10-11H,8-9H2,1-7H3,(H,18,19). The molecule has 0 aliphatic carbocycles. The van der Waals surface area contributed by atoms with Gasteiger partial charge in [-0.2, -0.15) is 0 Å². The molecule has 0 saturated carbocycles. The quantitative estimate of drug-likeness (QED) is 0.564. The summed E-state index contributed by atoms with van der Waals surface area (Å²) < 4.78 is 22.3. The van der Waals surface area contributed by atoms with Gasteiger partial charge >= 0.3 is 5.97 Å². The first-order chi connectivity index (χ1) is 11.0. The molecule has 1 N–H and O–H groups in total. The van der Waals surface area contributed by atoms with Crippen LogP contribution >= 0.6 is 0 Å². The number of carbonyl (C=O) groups is 1. The van der Waals surface area contributed by atoms with Crippen molar-refractivity contribution in [1.29, 1.82) is 0 Å². The minimum Gasteiger partial charge on any atom is -0.493 e. The fourth-order valence-electron chi connectivity index (χ4n) is 1.80. The number of benzene rings is 1. The van der Waals surface area contributed by atoms with E-state index in [2.05, 4.69) is 33.9 Å². The molecule has 1 aromatic carbocycles. The molecular weight excluding hydrogens is 328 g/mol. The lowest BCUT2D eigenvalue weighted by atomic mass is 10.2. The van der Waals surface area contributed by atoms with Crippen LogP contribution in [0.3, 0.4) is 0 Å². The largest absolute Gasteiger partial charge is 0.493 e. The van der Waals surface area contributed by atoms with Crippen molar-refractivity contribution >= 4 is 14.3 Å². The van der Waals surface area contributed by atoms with E-state index in [1.54, 1.807) is 0 Å². The minimum absolute atomic E-state index is 0.0774. The van der Waals surface area contributed by atoms with Crippen molar-refractivity contribution < 1.29 is 28.5 Å². The van der Waals surface area contributed by atoms with E-state index in [0.29, 0.717) is 30.5 Å². The van der Waals surface area contributed by atoms with Gasteiger partial charge in [-0.15, -0.1) is 0 Å². The summed E-state index contributed by atoms with van der Waals surface area (Å²) in [5.41, 5.74) is 0.0774. The molecule has 6 nitrogen and oxygen atoms in total. The van der Waals surface area contributed by atoms with Gasteiger partial charge in [-0.25, -0.2) is 4.79 Å². The molecule has 0 bridgehead atoms. The lowest BCUT2D eigenvalue weighted by Gasteiger charge is -2.36. The van der Waals surface area contributed by atoms with Crippen LogP contribution in [-0.4, -0.2) is 46.8 Å². The molecule has 0 unspecified atom stereocenters. The van der Waals surface area contributed by atoms with E-state index >= 15 is 0 Å². The predicted octanol–water partition coefficient (Wildman–Crippen LogP) is 3.80. The second kappa shape index (κ2) is 7.89. The van der Waals surface area contributed by atoms with Crippen LogP contribution in [-0.2, 0) is 4.43 Å². The van der Waals surface area contributed by atoms with Gasteiger partial charge in [-0.3, -0.25) is 0 Å². The average molecular weight is 356 g/mol. The summed E-state index contributed by atoms with van der Waals surface area (Å²) in [5, 5.41) is 9.26. The van der Waals surface area contributed by atoms with Gasteiger partial charge in [0.15, 0.2) is 19.8 Å². The number of rotatable bonds is 8. The molecule has 0 spiro atoms. The Morgan fingerprint density at radius 3 is 1.96 bits per heavy atom. The van der Waals surface area contributed by atoms with Gasteiger partial charge in [0, 0.05) is 0 Å². The van der Waals surface area contributed by atoms with Crippen molar-refractivity contribution in [3.05, 3.63) is 17.7 Å². The Morgan fingerprint density at radius 1 is 1.08 bits per heavy atom. The number of carboxylic acid groups (broad SMARTS) is 1. The van der Waals surface area contributed by atoms with Crippen LogP contribution in [0.4, 0.5) is 0 Å². The van der Waals surface area contributed by atoms with Gasteiger partial charge in [0.1, 0.15) is 6.61 Å². The minimum atomic E-state index is -1.83. The number of aromatic carboxylic acids is 1. The normalized spacial score (nSPS) is 12.0. The van der Waals surface area contributed by atoms with E-state index in [-0.39, 0.29) is 10.6 Å². The van der Waals surface area contributed by atoms with E-state index in [4.69, 9.17) is 23.7 Å². The molecule has 7 heteroatoms. The molecule has 0 radical (unpaired) electrons. The third-order valence-corrected chi connectivity index (χ3v) is 8.84. The van der Waals surface area contributed by atoms with E-state index in [1.165, 1.54) is 26.4 Å². The van der Waals surface area contributed by atoms with Gasteiger partial charge in [0.2, 0.25) is 5.75 Å². The molecule has 0 heterocycles. The Kier molecular flexibility index (Phi) is 6.68. The molecule has 0 amide bonds. The van der Waals surface area contributed by atoms with Gasteiger partial charge < -0.3 is 23.7 Å². The molecule has 0 atom stereocenters. The number of methoxy groups -OCH3 is 2. The maximum atomic E-state index is 11.1. The first-order valence-corrected chi connectivity index (χ1v) is 10.7. The van der Waals surface area contributed by atoms with Crippen molar-refractivity contribution in [2.75, 3.05) is 27.4 Å². The first kappa shape index (κ1) is 20.3. The van der Waals surface area contributed by atoms with Crippen molar-refractivity contribution in [2.24, 2.45) is 0 Å². The van der Waals surface area contributed by atoms with E-state index < -0.39 is 14.3 Å². The number of hydrogen-bond acceptors (Lipinski definition) is 5. The van der Waals surface area contributed by atoms with E-state index in [1.807, 2.05) is 0 Å². The molecule has 0 aromatic heterocycles. The third kappa shape index (κ3) is 4.88. The van der Waals surface area contributed by atoms with E-state index in [9.17, 15) is 4.79 Å². The Bertz CT molecular complexity index is 552. The van der Waals surface area contributed by atoms with Crippen LogP contribution in [0.25, 0.3) is 0 Å². The fraction of sp³-hybridized carbons (Fsp3) is 0.588. The van der Waals surface area contributed by atoms with Gasteiger partial charge in [0.25, 0.3) is 0 Å². The van der Waals surface area contributed by atoms with Crippen LogP contribution in [0.2, 0.25) is 18.1 Å². The Labute approximate surface area is 144 Å². The van der Waals surface area contributed by atoms with Gasteiger partial charge in [-0.1, -0.05) is 20.8 Å². The fourth-order valence-corrected chi connectivity index (χ4v) is 2.83. The highest BCUT2D eigenvalue weighted by Crippen LogP contribution is 2.39. The van der Waals surface area contributed by atoms with E-state index in [0.717, 1.165) is 0 Å². The van der Waals surface area contributed by atoms with Crippen molar-refractivity contribution in [2.45, 2.75) is 38.9 Å². The van der Waals surface area contributed by atoms with Crippen LogP contribution in [0.5, 0.6) is 17.2 Å². The summed E-state index contributed by atoms with van der Waals surface area (Å²) in [7, 11) is 1.08. The molecule has 136 valence electrons. The predicted molar refractivity (Wildman–Crippen MR) is 95.1 cm³/mol. The highest BCUT2D eigenvalue weighted by atomic mass is 28.4. The smallest absolute Gasteiger partial charge is 0.335 e. The second-order valence-corrected chi connectivity index (χ2v) is 11.8. The van der Waals surface area contributed by atoms with Gasteiger partial charge in [-0.05, 0) is 30.3 Å². The maximum absolute atomic E-state index is 11.1. The Morgan fingerprint density at radius 2 is 1.58 bits per heavy atom. The molecule has 1 rings (SSSR count). The summed E-state index contributed by atoms with van der Waals surface area (Å²) >= 11 is 0. The summed E-state index contributed by atoms with van der Waals surface area (Å²) in [4.78, 5) is 11.1. The summed E-state index contributed by atoms with van der Waals surface area (Å²) in [6.07, 6.45) is 0. The van der Waals surface area contributed by atoms with Crippen LogP contribution in [0.15, 0.2) is 12.1 Å². The molecule has 0 saturated heterocycles. The first-order valence-electron chi connectivity index (χ1n) is 7.79. The summed E-state index contributed by atoms with van der Waals surface area (Å²) in [5.74, 6) is -0.0404. The Hall–Kier alpha value is -1.73. The zero-order valence-electron chi connectivity index (χ0n) is 15.6. The topological polar surface area (TPSA) is 74.2 Å². The SMILES string of the molecule is COc1cc(C(=O)O)cc(OC)c1OCCO[Si](C)(C)C(C)(C)C. The summed E-state index contributed by atoms with van der Waals surface area (Å²) in [6.45, 7) is 11.7. The van der Waals surface area contributed by atoms with Crippen LogP contribution in [0, 0.1) is 0 Å². The number of ether oxygens (including phenoxy) is 3. The second-order valence-electron chi connectivity index (χ2n) is 6.97. The third-order valence-electron chi connectivity index (χ3n) is 4.31.